The molecule has 3 unspecified atom stereocenters. The van der Waals surface area contributed by atoms with Crippen LogP contribution in [0.1, 0.15) is 39.5 Å². The summed E-state index contributed by atoms with van der Waals surface area (Å²) in [5.41, 5.74) is 0.308. The van der Waals surface area contributed by atoms with E-state index in [0.717, 1.165) is 6.61 Å². The van der Waals surface area contributed by atoms with E-state index in [1.165, 1.54) is 25.7 Å². The third-order valence-electron chi connectivity index (χ3n) is 3.73. The van der Waals surface area contributed by atoms with Gasteiger partial charge in [0, 0.05) is 5.41 Å². The molecule has 0 aliphatic carbocycles. The quantitative estimate of drug-likeness (QED) is 0.644. The highest BCUT2D eigenvalue weighted by molar-refractivity contribution is 5.00. The lowest BCUT2D eigenvalue weighted by Gasteiger charge is -2.33. The van der Waals surface area contributed by atoms with Crippen LogP contribution < -0.4 is 0 Å². The van der Waals surface area contributed by atoms with Gasteiger partial charge in [0.2, 0.25) is 0 Å². The van der Waals surface area contributed by atoms with Crippen LogP contribution >= 0.6 is 0 Å². The largest absolute Gasteiger partial charge is 0.501 e. The van der Waals surface area contributed by atoms with Crippen LogP contribution in [0.3, 0.4) is 0 Å². The van der Waals surface area contributed by atoms with Crippen molar-refractivity contribution >= 4 is 0 Å². The van der Waals surface area contributed by atoms with Gasteiger partial charge in [-0.2, -0.15) is 0 Å². The van der Waals surface area contributed by atoms with Crippen molar-refractivity contribution in [2.45, 2.75) is 51.7 Å². The minimum Gasteiger partial charge on any atom is -0.501 e. The lowest BCUT2D eigenvalue weighted by Crippen LogP contribution is -2.35. The van der Waals surface area contributed by atoms with E-state index in [2.05, 4.69) is 6.92 Å². The Morgan fingerprint density at radius 1 is 1.50 bits per heavy atom. The summed E-state index contributed by atoms with van der Waals surface area (Å²) >= 11 is 0. The van der Waals surface area contributed by atoms with Gasteiger partial charge in [-0.05, 0) is 32.6 Å². The van der Waals surface area contributed by atoms with Crippen LogP contribution in [0.25, 0.3) is 0 Å². The molecule has 0 spiro atoms. The minimum atomic E-state index is 0.308. The van der Waals surface area contributed by atoms with Gasteiger partial charge >= 0.3 is 0 Å². The fourth-order valence-electron chi connectivity index (χ4n) is 2.83. The summed E-state index contributed by atoms with van der Waals surface area (Å²) in [6, 6.07) is 0. The van der Waals surface area contributed by atoms with Crippen molar-refractivity contribution in [1.82, 2.24) is 0 Å². The molecule has 2 rings (SSSR count). The van der Waals surface area contributed by atoms with Crippen LogP contribution in [0.15, 0.2) is 12.3 Å². The lowest BCUT2D eigenvalue weighted by atomic mass is 9.73. The Labute approximate surface area is 86.3 Å². The highest BCUT2D eigenvalue weighted by Crippen LogP contribution is 2.49. The molecule has 0 saturated carbocycles. The lowest BCUT2D eigenvalue weighted by molar-refractivity contribution is 0.0188. The van der Waals surface area contributed by atoms with Crippen molar-refractivity contribution in [3.05, 3.63) is 12.3 Å². The second-order valence-corrected chi connectivity index (χ2v) is 4.52. The van der Waals surface area contributed by atoms with Crippen LogP contribution in [0.4, 0.5) is 0 Å². The van der Waals surface area contributed by atoms with E-state index in [1.807, 2.05) is 13.0 Å². The van der Waals surface area contributed by atoms with E-state index in [4.69, 9.17) is 9.47 Å². The van der Waals surface area contributed by atoms with Crippen LogP contribution in [0.2, 0.25) is 0 Å². The Bertz CT molecular complexity index is 224. The highest BCUT2D eigenvalue weighted by Gasteiger charge is 2.51. The molecule has 2 nitrogen and oxygen atoms in total. The molecule has 0 amide bonds. The van der Waals surface area contributed by atoms with Gasteiger partial charge in [0.05, 0.1) is 25.1 Å². The van der Waals surface area contributed by atoms with Gasteiger partial charge in [-0.15, -0.1) is 0 Å². The smallest absolute Gasteiger partial charge is 0.0955 e. The van der Waals surface area contributed by atoms with E-state index >= 15 is 0 Å². The van der Waals surface area contributed by atoms with Crippen molar-refractivity contribution in [3.63, 3.8) is 0 Å². The van der Waals surface area contributed by atoms with E-state index < -0.39 is 0 Å². The molecule has 14 heavy (non-hydrogen) atoms. The van der Waals surface area contributed by atoms with Gasteiger partial charge in [0.1, 0.15) is 0 Å². The molecule has 2 bridgehead atoms. The zero-order valence-corrected chi connectivity index (χ0v) is 9.16. The predicted molar refractivity (Wildman–Crippen MR) is 56.0 cm³/mol. The first-order chi connectivity index (χ1) is 6.80. The summed E-state index contributed by atoms with van der Waals surface area (Å²) in [6.45, 7) is 5.06. The molecule has 0 radical (unpaired) electrons. The van der Waals surface area contributed by atoms with E-state index in [9.17, 15) is 0 Å². The van der Waals surface area contributed by atoms with E-state index in [0.29, 0.717) is 17.6 Å². The maximum absolute atomic E-state index is 5.91. The summed E-state index contributed by atoms with van der Waals surface area (Å²) < 4.78 is 11.5. The first kappa shape index (κ1) is 10.0. The highest BCUT2D eigenvalue weighted by atomic mass is 16.5. The molecule has 2 aliphatic heterocycles. The Morgan fingerprint density at radius 3 is 2.86 bits per heavy atom. The Hall–Kier alpha value is -0.500. The van der Waals surface area contributed by atoms with Crippen LogP contribution in [0.5, 0.6) is 0 Å². The third kappa shape index (κ3) is 1.56. The topological polar surface area (TPSA) is 18.5 Å². The molecule has 0 aromatic heterocycles. The average Bonchev–Trinajstić information content (AvgIpc) is 2.78. The fraction of sp³-hybridized carbons (Fsp3) is 0.833. The molecule has 2 heterocycles. The van der Waals surface area contributed by atoms with Gasteiger partial charge in [0.15, 0.2) is 0 Å². The van der Waals surface area contributed by atoms with E-state index in [-0.39, 0.29) is 0 Å². The number of allylic oxidation sites excluding steroid dienone is 1. The van der Waals surface area contributed by atoms with Gasteiger partial charge in [0.25, 0.3) is 0 Å². The second kappa shape index (κ2) is 3.93. The summed E-state index contributed by atoms with van der Waals surface area (Å²) in [4.78, 5) is 0. The minimum absolute atomic E-state index is 0.308. The molecular weight excluding hydrogens is 176 g/mol. The van der Waals surface area contributed by atoms with E-state index in [1.54, 1.807) is 6.26 Å². The summed E-state index contributed by atoms with van der Waals surface area (Å²) in [5, 5.41) is 0. The van der Waals surface area contributed by atoms with Gasteiger partial charge < -0.3 is 9.47 Å². The van der Waals surface area contributed by atoms with Crippen LogP contribution in [-0.2, 0) is 9.47 Å². The summed E-state index contributed by atoms with van der Waals surface area (Å²) in [7, 11) is 0. The van der Waals surface area contributed by atoms with Crippen molar-refractivity contribution in [3.8, 4) is 0 Å². The van der Waals surface area contributed by atoms with Crippen molar-refractivity contribution in [2.24, 2.45) is 5.41 Å². The monoisotopic (exact) mass is 196 g/mol. The predicted octanol–water partition coefficient (Wildman–Crippen LogP) is 2.88. The second-order valence-electron chi connectivity index (χ2n) is 4.52. The van der Waals surface area contributed by atoms with Gasteiger partial charge in [-0.25, -0.2) is 0 Å². The Balaban J connectivity index is 1.96. The molecule has 2 heteroatoms. The SMILES string of the molecule is C/C=C/OCC1(CC)CC2CCC1O2. The number of hydrogen-bond acceptors (Lipinski definition) is 2. The van der Waals surface area contributed by atoms with Crippen molar-refractivity contribution in [2.75, 3.05) is 6.61 Å². The zero-order chi connectivity index (χ0) is 10.0. The number of hydrogen-bond donors (Lipinski definition) is 0. The standard InChI is InChI=1S/C12H20O2/c1-3-7-13-9-12(4-2)8-10-5-6-11(12)14-10/h3,7,10-11H,4-6,8-9H2,1-2H3/b7-3+. The number of ether oxygens (including phenoxy) is 2. The maximum Gasteiger partial charge on any atom is 0.0955 e. The van der Waals surface area contributed by atoms with Gasteiger partial charge in [-0.3, -0.25) is 0 Å². The third-order valence-corrected chi connectivity index (χ3v) is 3.73. The average molecular weight is 196 g/mol. The maximum atomic E-state index is 5.91. The van der Waals surface area contributed by atoms with Gasteiger partial charge in [-0.1, -0.05) is 13.0 Å². The Morgan fingerprint density at radius 2 is 2.36 bits per heavy atom. The van der Waals surface area contributed by atoms with Crippen molar-refractivity contribution < 1.29 is 9.47 Å². The molecule has 2 aliphatic rings. The molecular formula is C12H20O2. The zero-order valence-electron chi connectivity index (χ0n) is 9.16. The Kier molecular flexibility index (Phi) is 2.82. The molecule has 80 valence electrons. The van der Waals surface area contributed by atoms with Crippen LogP contribution in [-0.4, -0.2) is 18.8 Å². The number of fused-ring (bicyclic) bond motifs is 2. The molecule has 3 atom stereocenters. The molecule has 0 N–H and O–H groups in total. The fourth-order valence-corrected chi connectivity index (χ4v) is 2.83. The molecule has 0 aromatic carbocycles. The number of rotatable bonds is 4. The normalized spacial score (nSPS) is 41.0. The van der Waals surface area contributed by atoms with Crippen molar-refractivity contribution in [1.29, 1.82) is 0 Å². The summed E-state index contributed by atoms with van der Waals surface area (Å²) in [5.74, 6) is 0. The molecule has 0 aromatic rings. The molecule has 2 fully saturated rings. The first-order valence-electron chi connectivity index (χ1n) is 5.69. The first-order valence-corrected chi connectivity index (χ1v) is 5.69. The molecule has 2 saturated heterocycles. The summed E-state index contributed by atoms with van der Waals surface area (Å²) in [6.07, 6.45) is 9.59. The van der Waals surface area contributed by atoms with Crippen LogP contribution in [0, 0.1) is 5.41 Å².